The van der Waals surface area contributed by atoms with Crippen LogP contribution in [0, 0.1) is 5.41 Å². The summed E-state index contributed by atoms with van der Waals surface area (Å²) in [5.74, 6) is -0.630. The van der Waals surface area contributed by atoms with Crippen molar-refractivity contribution in [2.75, 3.05) is 26.2 Å². The van der Waals surface area contributed by atoms with E-state index in [1.54, 1.807) is 0 Å². The predicted molar refractivity (Wildman–Crippen MR) is 76.3 cm³/mol. The van der Waals surface area contributed by atoms with Gasteiger partial charge in [-0.05, 0) is 50.7 Å². The summed E-state index contributed by atoms with van der Waals surface area (Å²) in [5, 5.41) is 9.27. The Balaban J connectivity index is 1.84. The summed E-state index contributed by atoms with van der Waals surface area (Å²) >= 11 is 0. The molecule has 2 aliphatic rings. The van der Waals surface area contributed by atoms with E-state index in [2.05, 4.69) is 30.6 Å². The van der Waals surface area contributed by atoms with Crippen LogP contribution in [0.2, 0.25) is 0 Å². The van der Waals surface area contributed by atoms with Gasteiger partial charge in [-0.25, -0.2) is 0 Å². The molecule has 2 heterocycles. The van der Waals surface area contributed by atoms with Gasteiger partial charge in [0.15, 0.2) is 0 Å². The van der Waals surface area contributed by atoms with Crippen molar-refractivity contribution in [2.45, 2.75) is 58.5 Å². The Kier molecular flexibility index (Phi) is 4.51. The molecule has 4 heteroatoms. The molecular weight excluding hydrogens is 240 g/mol. The van der Waals surface area contributed by atoms with Crippen molar-refractivity contribution in [1.82, 2.24) is 9.80 Å². The second-order valence-corrected chi connectivity index (χ2v) is 7.30. The number of hydrogen-bond acceptors (Lipinski definition) is 3. The highest BCUT2D eigenvalue weighted by Gasteiger charge is 2.36. The topological polar surface area (TPSA) is 43.8 Å². The van der Waals surface area contributed by atoms with Gasteiger partial charge in [-0.15, -0.1) is 0 Å². The largest absolute Gasteiger partial charge is 0.480 e. The van der Waals surface area contributed by atoms with E-state index in [1.165, 1.54) is 0 Å². The standard InChI is InChI=1S/C15H28N2O2/c1-15(2,3)11-16-9-6-12(7-10-16)17-8-4-5-13(17)14(18)19/h12-13H,4-11H2,1-3H3,(H,18,19). The highest BCUT2D eigenvalue weighted by Crippen LogP contribution is 2.27. The first-order chi connectivity index (χ1) is 8.87. The average Bonchev–Trinajstić information content (AvgIpc) is 2.76. The molecule has 2 rings (SSSR count). The molecule has 2 fully saturated rings. The third kappa shape index (κ3) is 3.93. The van der Waals surface area contributed by atoms with Crippen LogP contribution >= 0.6 is 0 Å². The quantitative estimate of drug-likeness (QED) is 0.851. The number of aliphatic carboxylic acids is 1. The summed E-state index contributed by atoms with van der Waals surface area (Å²) in [6.45, 7) is 11.2. The van der Waals surface area contributed by atoms with Crippen LogP contribution in [0.4, 0.5) is 0 Å². The summed E-state index contributed by atoms with van der Waals surface area (Å²) in [6, 6.07) is 0.263. The molecule has 0 aromatic carbocycles. The van der Waals surface area contributed by atoms with Gasteiger partial charge in [-0.3, -0.25) is 9.69 Å². The maximum absolute atomic E-state index is 11.3. The zero-order valence-corrected chi connectivity index (χ0v) is 12.6. The second kappa shape index (κ2) is 5.80. The Labute approximate surface area is 116 Å². The molecule has 4 nitrogen and oxygen atoms in total. The van der Waals surface area contributed by atoms with Crippen molar-refractivity contribution < 1.29 is 9.90 Å². The van der Waals surface area contributed by atoms with Crippen LogP contribution in [0.25, 0.3) is 0 Å². The van der Waals surface area contributed by atoms with E-state index < -0.39 is 5.97 Å². The van der Waals surface area contributed by atoms with Crippen molar-refractivity contribution in [2.24, 2.45) is 5.41 Å². The molecule has 0 amide bonds. The molecule has 0 saturated carbocycles. The fourth-order valence-corrected chi connectivity index (χ4v) is 3.57. The Bertz CT molecular complexity index is 317. The van der Waals surface area contributed by atoms with Crippen molar-refractivity contribution in [1.29, 1.82) is 0 Å². The number of hydrogen-bond donors (Lipinski definition) is 1. The SMILES string of the molecule is CC(C)(C)CN1CCC(N2CCCC2C(=O)O)CC1. The van der Waals surface area contributed by atoms with Crippen molar-refractivity contribution in [3.05, 3.63) is 0 Å². The van der Waals surface area contributed by atoms with Crippen LogP contribution in [-0.2, 0) is 4.79 Å². The Morgan fingerprint density at radius 3 is 2.32 bits per heavy atom. The first-order valence-electron chi connectivity index (χ1n) is 7.58. The van der Waals surface area contributed by atoms with Gasteiger partial charge in [0, 0.05) is 12.6 Å². The second-order valence-electron chi connectivity index (χ2n) is 7.30. The minimum atomic E-state index is -0.630. The number of rotatable bonds is 3. The van der Waals surface area contributed by atoms with Crippen molar-refractivity contribution >= 4 is 5.97 Å². The molecule has 1 atom stereocenters. The maximum Gasteiger partial charge on any atom is 0.320 e. The predicted octanol–water partition coefficient (Wildman–Crippen LogP) is 2.05. The van der Waals surface area contributed by atoms with Gasteiger partial charge in [-0.2, -0.15) is 0 Å². The van der Waals surface area contributed by atoms with Crippen LogP contribution in [-0.4, -0.2) is 59.1 Å². The van der Waals surface area contributed by atoms with Crippen LogP contribution in [0.1, 0.15) is 46.5 Å². The lowest BCUT2D eigenvalue weighted by atomic mass is 9.94. The van der Waals surface area contributed by atoms with Gasteiger partial charge in [-0.1, -0.05) is 20.8 Å². The third-order valence-electron chi connectivity index (χ3n) is 4.30. The smallest absolute Gasteiger partial charge is 0.320 e. The van der Waals surface area contributed by atoms with Crippen molar-refractivity contribution in [3.8, 4) is 0 Å². The molecule has 0 aromatic heterocycles. The van der Waals surface area contributed by atoms with E-state index in [0.29, 0.717) is 11.5 Å². The molecule has 1 unspecified atom stereocenters. The number of carbonyl (C=O) groups is 1. The minimum absolute atomic E-state index is 0.223. The fourth-order valence-electron chi connectivity index (χ4n) is 3.57. The monoisotopic (exact) mass is 268 g/mol. The number of carboxylic acid groups (broad SMARTS) is 1. The van der Waals surface area contributed by atoms with E-state index in [-0.39, 0.29) is 6.04 Å². The summed E-state index contributed by atoms with van der Waals surface area (Å²) in [4.78, 5) is 16.0. The van der Waals surface area contributed by atoms with Gasteiger partial charge in [0.05, 0.1) is 0 Å². The first kappa shape index (κ1) is 14.8. The summed E-state index contributed by atoms with van der Waals surface area (Å²) in [7, 11) is 0. The normalized spacial score (nSPS) is 27.8. The molecule has 0 spiro atoms. The Morgan fingerprint density at radius 1 is 1.16 bits per heavy atom. The molecular formula is C15H28N2O2. The van der Waals surface area contributed by atoms with E-state index in [9.17, 15) is 9.90 Å². The summed E-state index contributed by atoms with van der Waals surface area (Å²) < 4.78 is 0. The van der Waals surface area contributed by atoms with E-state index in [1.807, 2.05) is 0 Å². The molecule has 2 saturated heterocycles. The molecule has 2 aliphatic heterocycles. The first-order valence-corrected chi connectivity index (χ1v) is 7.58. The molecule has 0 aromatic rings. The van der Waals surface area contributed by atoms with E-state index >= 15 is 0 Å². The van der Waals surface area contributed by atoms with Gasteiger partial charge in [0.2, 0.25) is 0 Å². The highest BCUT2D eigenvalue weighted by molar-refractivity contribution is 5.73. The number of nitrogens with zero attached hydrogens (tertiary/aromatic N) is 2. The lowest BCUT2D eigenvalue weighted by Crippen LogP contribution is -2.49. The van der Waals surface area contributed by atoms with Gasteiger partial charge < -0.3 is 10.0 Å². The van der Waals surface area contributed by atoms with E-state index in [4.69, 9.17) is 0 Å². The number of likely N-dealkylation sites (tertiary alicyclic amines) is 2. The lowest BCUT2D eigenvalue weighted by molar-refractivity contribution is -0.143. The highest BCUT2D eigenvalue weighted by atomic mass is 16.4. The van der Waals surface area contributed by atoms with Crippen LogP contribution in [0.5, 0.6) is 0 Å². The van der Waals surface area contributed by atoms with Crippen LogP contribution < -0.4 is 0 Å². The Morgan fingerprint density at radius 2 is 1.79 bits per heavy atom. The molecule has 1 N–H and O–H groups in total. The molecule has 19 heavy (non-hydrogen) atoms. The lowest BCUT2D eigenvalue weighted by Gasteiger charge is -2.40. The molecule has 0 radical (unpaired) electrons. The number of piperidine rings is 1. The minimum Gasteiger partial charge on any atom is -0.480 e. The van der Waals surface area contributed by atoms with Gasteiger partial charge in [0.25, 0.3) is 0 Å². The summed E-state index contributed by atoms with van der Waals surface area (Å²) in [5.41, 5.74) is 0.351. The molecule has 0 aliphatic carbocycles. The van der Waals surface area contributed by atoms with Crippen molar-refractivity contribution in [3.63, 3.8) is 0 Å². The molecule has 110 valence electrons. The van der Waals surface area contributed by atoms with Gasteiger partial charge >= 0.3 is 5.97 Å². The Hall–Kier alpha value is -0.610. The van der Waals surface area contributed by atoms with Crippen LogP contribution in [0.15, 0.2) is 0 Å². The fraction of sp³-hybridized carbons (Fsp3) is 0.933. The van der Waals surface area contributed by atoms with Gasteiger partial charge in [0.1, 0.15) is 6.04 Å². The molecule has 0 bridgehead atoms. The van der Waals surface area contributed by atoms with Crippen LogP contribution in [0.3, 0.4) is 0 Å². The number of carboxylic acids is 1. The maximum atomic E-state index is 11.3. The zero-order valence-electron chi connectivity index (χ0n) is 12.6. The average molecular weight is 268 g/mol. The van der Waals surface area contributed by atoms with E-state index in [0.717, 1.165) is 51.9 Å². The zero-order chi connectivity index (χ0) is 14.0. The third-order valence-corrected chi connectivity index (χ3v) is 4.30. The summed E-state index contributed by atoms with van der Waals surface area (Å²) in [6.07, 6.45) is 4.12.